The third kappa shape index (κ3) is 5.98. The molecular weight excluding hydrogens is 430 g/mol. The Bertz CT molecular complexity index is 1070. The molecule has 1 unspecified atom stereocenters. The number of anilines is 1. The third-order valence-electron chi connectivity index (χ3n) is 6.00. The van der Waals surface area contributed by atoms with Crippen LogP contribution in [0.3, 0.4) is 0 Å². The van der Waals surface area contributed by atoms with Gasteiger partial charge in [-0.05, 0) is 50.8 Å². The highest BCUT2D eigenvalue weighted by Crippen LogP contribution is 2.27. The topological polar surface area (TPSA) is 139 Å². The van der Waals surface area contributed by atoms with E-state index in [9.17, 15) is 9.59 Å². The first-order valence-corrected chi connectivity index (χ1v) is 11.5. The van der Waals surface area contributed by atoms with Gasteiger partial charge in [0.05, 0.1) is 24.1 Å². The lowest BCUT2D eigenvalue weighted by Crippen LogP contribution is -2.49. The molecule has 1 saturated carbocycles. The average Bonchev–Trinajstić information content (AvgIpc) is 3.27. The molecule has 9 heteroatoms. The molecule has 3 rings (SSSR count). The molecule has 1 fully saturated rings. The van der Waals surface area contributed by atoms with Gasteiger partial charge in [-0.25, -0.2) is 0 Å². The molecule has 1 atom stereocenters. The first kappa shape index (κ1) is 24.9. The van der Waals surface area contributed by atoms with E-state index in [1.165, 1.54) is 6.20 Å². The number of nitrogens with zero attached hydrogens (tertiary/aromatic N) is 3. The van der Waals surface area contributed by atoms with Crippen molar-refractivity contribution in [2.75, 3.05) is 5.32 Å². The lowest BCUT2D eigenvalue weighted by molar-refractivity contribution is -0.119. The van der Waals surface area contributed by atoms with Gasteiger partial charge in [-0.3, -0.25) is 19.3 Å². The van der Waals surface area contributed by atoms with Gasteiger partial charge in [-0.15, -0.1) is 6.58 Å². The van der Waals surface area contributed by atoms with Crippen LogP contribution < -0.4 is 16.4 Å². The molecule has 2 aromatic heterocycles. The Balaban J connectivity index is 1.78. The second kappa shape index (κ2) is 11.4. The minimum absolute atomic E-state index is 0.0516. The number of carbonyl (C=O) groups excluding carboxylic acids is 2. The van der Waals surface area contributed by atoms with Crippen molar-refractivity contribution < 1.29 is 9.59 Å². The summed E-state index contributed by atoms with van der Waals surface area (Å²) in [6.07, 6.45) is 9.73. The van der Waals surface area contributed by atoms with Crippen LogP contribution in [0.15, 0.2) is 48.9 Å². The highest BCUT2D eigenvalue weighted by atomic mass is 16.2. The Kier molecular flexibility index (Phi) is 8.34. The van der Waals surface area contributed by atoms with Crippen LogP contribution in [0.5, 0.6) is 0 Å². The lowest BCUT2D eigenvalue weighted by Gasteiger charge is -2.30. The van der Waals surface area contributed by atoms with Crippen LogP contribution in [-0.4, -0.2) is 38.3 Å². The second-order valence-corrected chi connectivity index (χ2v) is 8.64. The zero-order chi connectivity index (χ0) is 24.7. The summed E-state index contributed by atoms with van der Waals surface area (Å²) >= 11 is 0. The average molecular weight is 464 g/mol. The molecule has 180 valence electrons. The number of aromatic nitrogens is 3. The smallest absolute Gasteiger partial charge is 0.270 e. The van der Waals surface area contributed by atoms with Gasteiger partial charge in [0, 0.05) is 23.2 Å². The fourth-order valence-electron chi connectivity index (χ4n) is 4.40. The number of nitrogens with one attached hydrogen (secondary N) is 3. The molecule has 0 aromatic carbocycles. The Morgan fingerprint density at radius 2 is 2.00 bits per heavy atom. The first-order valence-electron chi connectivity index (χ1n) is 11.5. The predicted octanol–water partition coefficient (Wildman–Crippen LogP) is 3.51. The van der Waals surface area contributed by atoms with E-state index >= 15 is 0 Å². The van der Waals surface area contributed by atoms with Crippen LogP contribution in [0.4, 0.5) is 5.69 Å². The Morgan fingerprint density at radius 3 is 2.59 bits per heavy atom. The molecule has 2 amide bonds. The van der Waals surface area contributed by atoms with Crippen LogP contribution in [0.2, 0.25) is 0 Å². The zero-order valence-corrected chi connectivity index (χ0v) is 19.8. The van der Waals surface area contributed by atoms with Gasteiger partial charge in [0.2, 0.25) is 5.91 Å². The molecule has 34 heavy (non-hydrogen) atoms. The summed E-state index contributed by atoms with van der Waals surface area (Å²) < 4.78 is 1.55. The number of rotatable bonds is 9. The number of allylic oxidation sites excluding steroid dienone is 3. The fourth-order valence-corrected chi connectivity index (χ4v) is 4.40. The normalized spacial score (nSPS) is 15.7. The molecule has 0 radical (unpaired) electrons. The molecule has 1 aliphatic rings. The van der Waals surface area contributed by atoms with Crippen molar-refractivity contribution in [3.63, 3.8) is 0 Å². The molecule has 9 nitrogen and oxygen atoms in total. The van der Waals surface area contributed by atoms with Gasteiger partial charge in [0.15, 0.2) is 0 Å². The summed E-state index contributed by atoms with van der Waals surface area (Å²) in [4.78, 5) is 30.7. The van der Waals surface area contributed by atoms with Crippen LogP contribution in [0.25, 0.3) is 5.57 Å². The number of nitrogens with two attached hydrogens (primary N) is 1. The Labute approximate surface area is 200 Å². The molecule has 5 N–H and O–H groups in total. The van der Waals surface area contributed by atoms with E-state index in [0.717, 1.165) is 32.1 Å². The van der Waals surface area contributed by atoms with E-state index in [0.29, 0.717) is 40.6 Å². The van der Waals surface area contributed by atoms with Gasteiger partial charge in [-0.2, -0.15) is 5.10 Å². The van der Waals surface area contributed by atoms with E-state index in [1.807, 2.05) is 0 Å². The van der Waals surface area contributed by atoms with Crippen LogP contribution >= 0.6 is 0 Å². The van der Waals surface area contributed by atoms with Crippen molar-refractivity contribution in [3.8, 4) is 0 Å². The van der Waals surface area contributed by atoms with Gasteiger partial charge >= 0.3 is 0 Å². The Morgan fingerprint density at radius 1 is 1.26 bits per heavy atom. The maximum atomic E-state index is 13.3. The molecule has 1 aliphatic carbocycles. The van der Waals surface area contributed by atoms with Crippen LogP contribution in [0.1, 0.15) is 62.1 Å². The number of carbonyl (C=O) groups is 2. The number of amides is 2. The monoisotopic (exact) mass is 463 g/mol. The maximum Gasteiger partial charge on any atom is 0.270 e. The van der Waals surface area contributed by atoms with Gasteiger partial charge in [0.25, 0.3) is 5.91 Å². The molecule has 0 bridgehead atoms. The van der Waals surface area contributed by atoms with Gasteiger partial charge in [0.1, 0.15) is 11.7 Å². The van der Waals surface area contributed by atoms with Crippen molar-refractivity contribution in [3.05, 3.63) is 60.3 Å². The minimum Gasteiger partial charge on any atom is -0.402 e. The molecule has 2 heterocycles. The van der Waals surface area contributed by atoms with Gasteiger partial charge < -0.3 is 21.8 Å². The van der Waals surface area contributed by atoms with Crippen LogP contribution in [-0.2, 0) is 11.3 Å². The minimum atomic E-state index is -0.676. The summed E-state index contributed by atoms with van der Waals surface area (Å²) in [5.41, 5.74) is 8.77. The summed E-state index contributed by atoms with van der Waals surface area (Å²) in [6, 6.07) is 4.41. The third-order valence-corrected chi connectivity index (χ3v) is 6.00. The maximum absolute atomic E-state index is 13.3. The molecule has 0 spiro atoms. The SMILES string of the molecule is C=CCn1nccc1C(=O)NC(C(=O)Nc1ccc(/C(C(C)=N)=C(\C)N)nc1)C1CCCCC1. The number of pyridine rings is 1. The van der Waals surface area contributed by atoms with Crippen molar-refractivity contribution in [2.45, 2.75) is 58.5 Å². The van der Waals surface area contributed by atoms with E-state index in [2.05, 4.69) is 27.3 Å². The summed E-state index contributed by atoms with van der Waals surface area (Å²) in [5.74, 6) is -0.567. The summed E-state index contributed by atoms with van der Waals surface area (Å²) in [6.45, 7) is 7.48. The molecular formula is C25H33N7O2. The highest BCUT2D eigenvalue weighted by Gasteiger charge is 2.32. The molecule has 2 aromatic rings. The largest absolute Gasteiger partial charge is 0.402 e. The predicted molar refractivity (Wildman–Crippen MR) is 133 cm³/mol. The summed E-state index contributed by atoms with van der Waals surface area (Å²) in [5, 5.41) is 17.9. The first-order chi connectivity index (χ1) is 16.3. The van der Waals surface area contributed by atoms with Crippen molar-refractivity contribution in [1.29, 1.82) is 5.41 Å². The van der Waals surface area contributed by atoms with Crippen molar-refractivity contribution in [2.24, 2.45) is 11.7 Å². The van der Waals surface area contributed by atoms with Crippen molar-refractivity contribution >= 4 is 28.8 Å². The van der Waals surface area contributed by atoms with Crippen LogP contribution in [0, 0.1) is 11.3 Å². The zero-order valence-electron chi connectivity index (χ0n) is 19.8. The van der Waals surface area contributed by atoms with E-state index in [1.54, 1.807) is 49.0 Å². The summed E-state index contributed by atoms with van der Waals surface area (Å²) in [7, 11) is 0. The fraction of sp³-hybridized carbons (Fsp3) is 0.400. The quantitative estimate of drug-likeness (QED) is 0.333. The van der Waals surface area contributed by atoms with Gasteiger partial charge in [-0.1, -0.05) is 25.3 Å². The van der Waals surface area contributed by atoms with E-state index in [-0.39, 0.29) is 17.7 Å². The number of hydrogen-bond donors (Lipinski definition) is 4. The standard InChI is InChI=1S/C25H33N7O2/c1-4-14-32-21(12-13-29-32)24(33)31-23(18-8-6-5-7-9-18)25(34)30-19-10-11-20(28-15-19)22(16(2)26)17(3)27/h4,10-13,15,18,23,26H,1,5-9,14,27H2,2-3H3,(H,30,34)(H,31,33)/b22-17+,26-16?. The van der Waals surface area contributed by atoms with E-state index < -0.39 is 6.04 Å². The lowest BCUT2D eigenvalue weighted by atomic mass is 9.83. The number of hydrogen-bond acceptors (Lipinski definition) is 6. The highest BCUT2D eigenvalue weighted by molar-refractivity contribution is 6.21. The second-order valence-electron chi connectivity index (χ2n) is 8.64. The molecule has 0 aliphatic heterocycles. The van der Waals surface area contributed by atoms with Crippen molar-refractivity contribution in [1.82, 2.24) is 20.1 Å². The van der Waals surface area contributed by atoms with E-state index in [4.69, 9.17) is 11.1 Å². The molecule has 0 saturated heterocycles. The Hall–Kier alpha value is -3.75.